The fraction of sp³-hybridized carbons (Fsp3) is 0.143. The highest BCUT2D eigenvalue weighted by atomic mass is 79.9. The molecule has 0 saturated carbocycles. The van der Waals surface area contributed by atoms with E-state index in [1.807, 2.05) is 35.8 Å². The van der Waals surface area contributed by atoms with E-state index in [2.05, 4.69) is 15.9 Å². The molecule has 0 aliphatic rings. The number of aryl methyl sites for hydroxylation is 1. The lowest BCUT2D eigenvalue weighted by molar-refractivity contribution is 0.166. The molecule has 0 bridgehead atoms. The van der Waals surface area contributed by atoms with Crippen molar-refractivity contribution >= 4 is 76.6 Å². The number of hydrogen-bond donors (Lipinski definition) is 1. The zero-order chi connectivity index (χ0) is 26.3. The molecule has 0 aliphatic heterocycles. The van der Waals surface area contributed by atoms with E-state index in [0.29, 0.717) is 15.7 Å². The fourth-order valence-corrected chi connectivity index (χ4v) is 6.60. The second-order valence-electron chi connectivity index (χ2n) is 8.91. The minimum absolute atomic E-state index is 0.139. The number of fused-ring (bicyclic) bond motifs is 3. The molecule has 1 atom stereocenters. The molecule has 0 unspecified atom stereocenters. The third-order valence-corrected chi connectivity index (χ3v) is 9.09. The van der Waals surface area contributed by atoms with Crippen LogP contribution in [0.4, 0.5) is 5.69 Å². The number of sulfonamides is 1. The monoisotopic (exact) mass is 616 g/mol. The van der Waals surface area contributed by atoms with Gasteiger partial charge >= 0.3 is 0 Å². The molecule has 9 heteroatoms. The van der Waals surface area contributed by atoms with Crippen molar-refractivity contribution in [2.75, 3.05) is 10.8 Å². The van der Waals surface area contributed by atoms with Gasteiger partial charge in [-0.3, -0.25) is 4.31 Å². The molecule has 0 aliphatic carbocycles. The molecule has 1 aromatic heterocycles. The number of aliphatic hydroxyl groups excluding tert-OH is 1. The maximum absolute atomic E-state index is 13.7. The Kier molecular flexibility index (Phi) is 7.27. The Hall–Kier alpha value is -2.55. The van der Waals surface area contributed by atoms with Crippen LogP contribution < -0.4 is 4.31 Å². The van der Waals surface area contributed by atoms with Crippen LogP contribution in [0.5, 0.6) is 0 Å². The van der Waals surface area contributed by atoms with Gasteiger partial charge in [-0.15, -0.1) is 0 Å². The summed E-state index contributed by atoms with van der Waals surface area (Å²) in [4.78, 5) is 0.161. The van der Waals surface area contributed by atoms with Crippen molar-refractivity contribution < 1.29 is 13.5 Å². The lowest BCUT2D eigenvalue weighted by Gasteiger charge is -2.27. The van der Waals surface area contributed by atoms with Crippen molar-refractivity contribution in [3.8, 4) is 0 Å². The van der Waals surface area contributed by atoms with Gasteiger partial charge in [0.2, 0.25) is 0 Å². The highest BCUT2D eigenvalue weighted by molar-refractivity contribution is 9.10. The number of anilines is 1. The largest absolute Gasteiger partial charge is 0.389 e. The summed E-state index contributed by atoms with van der Waals surface area (Å²) in [5.74, 6) is 0. The van der Waals surface area contributed by atoms with Gasteiger partial charge in [-0.05, 0) is 79.7 Å². The minimum atomic E-state index is -3.94. The highest BCUT2D eigenvalue weighted by Crippen LogP contribution is 2.33. The molecule has 0 amide bonds. The highest BCUT2D eigenvalue weighted by Gasteiger charge is 2.28. The van der Waals surface area contributed by atoms with Crippen LogP contribution in [0, 0.1) is 6.92 Å². The van der Waals surface area contributed by atoms with Crippen molar-refractivity contribution in [1.82, 2.24) is 4.57 Å². The number of hydrogen-bond acceptors (Lipinski definition) is 3. The van der Waals surface area contributed by atoms with Gasteiger partial charge in [0.05, 0.1) is 29.8 Å². The first-order valence-electron chi connectivity index (χ1n) is 11.5. The van der Waals surface area contributed by atoms with Gasteiger partial charge in [0, 0.05) is 36.3 Å². The quantitative estimate of drug-likeness (QED) is 0.207. The smallest absolute Gasteiger partial charge is 0.264 e. The van der Waals surface area contributed by atoms with Crippen LogP contribution in [0.1, 0.15) is 5.56 Å². The van der Waals surface area contributed by atoms with Crippen molar-refractivity contribution in [3.05, 3.63) is 105 Å². The second-order valence-corrected chi connectivity index (χ2v) is 12.6. The Morgan fingerprint density at radius 1 is 0.865 bits per heavy atom. The minimum Gasteiger partial charge on any atom is -0.389 e. The molecule has 5 nitrogen and oxygen atoms in total. The van der Waals surface area contributed by atoms with Crippen LogP contribution in [0.2, 0.25) is 10.0 Å². The number of aliphatic hydroxyl groups is 1. The summed E-state index contributed by atoms with van der Waals surface area (Å²) in [6.45, 7) is 1.93. The van der Waals surface area contributed by atoms with E-state index in [1.54, 1.807) is 60.7 Å². The summed E-state index contributed by atoms with van der Waals surface area (Å²) < 4.78 is 31.5. The molecular formula is C28H23BrCl2N2O3S. The number of aromatic nitrogens is 1. The molecule has 1 N–H and O–H groups in total. The van der Waals surface area contributed by atoms with E-state index in [1.165, 1.54) is 4.31 Å². The third-order valence-electron chi connectivity index (χ3n) is 6.28. The number of benzene rings is 4. The van der Waals surface area contributed by atoms with Crippen LogP contribution in [0.3, 0.4) is 0 Å². The van der Waals surface area contributed by atoms with Gasteiger partial charge in [-0.25, -0.2) is 8.42 Å². The predicted octanol–water partition coefficient (Wildman–Crippen LogP) is 7.43. The number of halogens is 3. The molecule has 5 aromatic rings. The van der Waals surface area contributed by atoms with Gasteiger partial charge < -0.3 is 9.67 Å². The maximum atomic E-state index is 13.7. The molecule has 0 radical (unpaired) electrons. The number of nitrogens with zero attached hydrogens (tertiary/aromatic N) is 2. The summed E-state index contributed by atoms with van der Waals surface area (Å²) in [5.41, 5.74) is 3.17. The van der Waals surface area contributed by atoms with Gasteiger partial charge in [-0.2, -0.15) is 0 Å². The third kappa shape index (κ3) is 5.24. The predicted molar refractivity (Wildman–Crippen MR) is 155 cm³/mol. The van der Waals surface area contributed by atoms with Gasteiger partial charge in [0.1, 0.15) is 0 Å². The zero-order valence-corrected chi connectivity index (χ0v) is 23.7. The second kappa shape index (κ2) is 10.3. The molecular weight excluding hydrogens is 595 g/mol. The summed E-state index contributed by atoms with van der Waals surface area (Å²) in [6, 6.07) is 24.8. The first kappa shape index (κ1) is 26.1. The van der Waals surface area contributed by atoms with E-state index < -0.39 is 16.1 Å². The van der Waals surface area contributed by atoms with Crippen LogP contribution in [0.25, 0.3) is 21.8 Å². The Bertz CT molecular complexity index is 1640. The van der Waals surface area contributed by atoms with Crippen molar-refractivity contribution in [1.29, 1.82) is 0 Å². The normalized spacial score (nSPS) is 12.8. The summed E-state index contributed by atoms with van der Waals surface area (Å²) in [6.07, 6.45) is -1.02. The Balaban J connectivity index is 1.54. The summed E-state index contributed by atoms with van der Waals surface area (Å²) in [5, 5.41) is 14.3. The molecule has 4 aromatic carbocycles. The topological polar surface area (TPSA) is 62.5 Å². The molecule has 0 fully saturated rings. The average molecular weight is 618 g/mol. The van der Waals surface area contributed by atoms with E-state index in [4.69, 9.17) is 23.2 Å². The molecule has 0 spiro atoms. The molecule has 190 valence electrons. The van der Waals surface area contributed by atoms with Crippen molar-refractivity contribution in [3.63, 3.8) is 0 Å². The molecule has 5 rings (SSSR count). The SMILES string of the molecule is Cc1ccc(S(=O)(=O)N(C[C@H](O)Cn2c3ccc(Cl)cc3c3cc(Cl)ccc32)c2ccc(Br)cc2)cc1. The van der Waals surface area contributed by atoms with Gasteiger partial charge in [-0.1, -0.05) is 56.8 Å². The molecule has 0 saturated heterocycles. The first-order valence-corrected chi connectivity index (χ1v) is 14.5. The molecule has 1 heterocycles. The van der Waals surface area contributed by atoms with Crippen LogP contribution >= 0.6 is 39.1 Å². The average Bonchev–Trinajstić information content (AvgIpc) is 3.15. The Morgan fingerprint density at radius 3 is 1.95 bits per heavy atom. The fourth-order valence-electron chi connectivity index (χ4n) is 4.49. The van der Waals surface area contributed by atoms with E-state index in [9.17, 15) is 13.5 Å². The lowest BCUT2D eigenvalue weighted by Crippen LogP contribution is -2.39. The summed E-state index contributed by atoms with van der Waals surface area (Å²) in [7, 11) is -3.94. The van der Waals surface area contributed by atoms with Crippen molar-refractivity contribution in [2.45, 2.75) is 24.5 Å². The van der Waals surface area contributed by atoms with Gasteiger partial charge in [0.15, 0.2) is 0 Å². The van der Waals surface area contributed by atoms with Crippen LogP contribution in [-0.4, -0.2) is 30.7 Å². The standard InChI is InChI=1S/C28H23BrCl2N2O3S/c1-18-2-10-24(11-3-18)37(35,36)33(22-8-4-19(29)5-9-22)17-23(34)16-32-27-12-6-20(30)14-25(27)26-15-21(31)7-13-28(26)32/h2-15,23,34H,16-17H2,1H3/t23-/m1/s1. The van der Waals surface area contributed by atoms with E-state index in [-0.39, 0.29) is 18.0 Å². The Morgan fingerprint density at radius 2 is 1.41 bits per heavy atom. The van der Waals surface area contributed by atoms with Gasteiger partial charge in [0.25, 0.3) is 10.0 Å². The lowest BCUT2D eigenvalue weighted by atomic mass is 10.1. The summed E-state index contributed by atoms with van der Waals surface area (Å²) >= 11 is 15.9. The zero-order valence-electron chi connectivity index (χ0n) is 19.8. The van der Waals surface area contributed by atoms with Crippen LogP contribution in [0.15, 0.2) is 94.3 Å². The maximum Gasteiger partial charge on any atom is 0.264 e. The van der Waals surface area contributed by atoms with Crippen LogP contribution in [-0.2, 0) is 16.6 Å². The van der Waals surface area contributed by atoms with Crippen molar-refractivity contribution in [2.24, 2.45) is 0 Å². The Labute approximate surface area is 234 Å². The molecule has 37 heavy (non-hydrogen) atoms. The number of rotatable bonds is 7. The first-order chi connectivity index (χ1) is 17.6. The van der Waals surface area contributed by atoms with E-state index >= 15 is 0 Å². The van der Waals surface area contributed by atoms with E-state index in [0.717, 1.165) is 31.8 Å².